The van der Waals surface area contributed by atoms with E-state index in [9.17, 15) is 4.79 Å². The molecule has 106 valence electrons. The van der Waals surface area contributed by atoms with Crippen molar-refractivity contribution in [2.24, 2.45) is 0 Å². The van der Waals surface area contributed by atoms with Crippen LogP contribution in [0.15, 0.2) is 18.2 Å². The van der Waals surface area contributed by atoms with Crippen LogP contribution in [0, 0.1) is 0 Å². The number of thiazole rings is 1. The van der Waals surface area contributed by atoms with Gasteiger partial charge in [-0.15, -0.1) is 0 Å². The van der Waals surface area contributed by atoms with Crippen molar-refractivity contribution in [3.63, 3.8) is 0 Å². The molecule has 2 N–H and O–H groups in total. The van der Waals surface area contributed by atoms with Gasteiger partial charge in [0.05, 0.1) is 16.4 Å². The van der Waals surface area contributed by atoms with E-state index in [-0.39, 0.29) is 4.88 Å². The van der Waals surface area contributed by atoms with Crippen LogP contribution in [0.25, 0.3) is 0 Å². The summed E-state index contributed by atoms with van der Waals surface area (Å²) in [6.07, 6.45) is 1.46. The molecule has 4 nitrogen and oxygen atoms in total. The molecule has 1 heterocycles. The van der Waals surface area contributed by atoms with Gasteiger partial charge < -0.3 is 10.4 Å². The summed E-state index contributed by atoms with van der Waals surface area (Å²) < 4.78 is 0. The zero-order valence-corrected chi connectivity index (χ0v) is 12.9. The molecular weight excluding hydrogens is 319 g/mol. The summed E-state index contributed by atoms with van der Waals surface area (Å²) >= 11 is 13.1. The lowest BCUT2D eigenvalue weighted by atomic mass is 10.2. The summed E-state index contributed by atoms with van der Waals surface area (Å²) in [5, 5.41) is 13.7. The number of carboxylic acids is 1. The van der Waals surface area contributed by atoms with Gasteiger partial charge in [0, 0.05) is 5.02 Å². The van der Waals surface area contributed by atoms with Crippen LogP contribution in [-0.2, 0) is 6.42 Å². The van der Waals surface area contributed by atoms with Gasteiger partial charge >= 0.3 is 5.97 Å². The smallest absolute Gasteiger partial charge is 0.347 e. The topological polar surface area (TPSA) is 62.2 Å². The normalized spacial score (nSPS) is 10.6. The van der Waals surface area contributed by atoms with Crippen molar-refractivity contribution in [1.29, 1.82) is 0 Å². The van der Waals surface area contributed by atoms with Gasteiger partial charge in [-0.3, -0.25) is 0 Å². The molecule has 0 bridgehead atoms. The lowest BCUT2D eigenvalue weighted by Gasteiger charge is -2.05. The van der Waals surface area contributed by atoms with Crippen LogP contribution in [-0.4, -0.2) is 16.1 Å². The van der Waals surface area contributed by atoms with E-state index >= 15 is 0 Å². The summed E-state index contributed by atoms with van der Waals surface area (Å²) in [4.78, 5) is 15.7. The van der Waals surface area contributed by atoms with Gasteiger partial charge in [0.2, 0.25) is 0 Å². The van der Waals surface area contributed by atoms with Gasteiger partial charge in [-0.25, -0.2) is 9.78 Å². The predicted octanol–water partition coefficient (Wildman–Crippen LogP) is 4.84. The van der Waals surface area contributed by atoms with Crippen LogP contribution < -0.4 is 5.32 Å². The van der Waals surface area contributed by atoms with E-state index in [1.807, 2.05) is 6.92 Å². The lowest BCUT2D eigenvalue weighted by Crippen LogP contribution is -1.98. The molecule has 0 aliphatic carbocycles. The number of aromatic nitrogens is 1. The van der Waals surface area contributed by atoms with E-state index in [4.69, 9.17) is 28.3 Å². The Balaban J connectivity index is 2.31. The minimum absolute atomic E-state index is 0.257. The number of aromatic carboxylic acids is 1. The van der Waals surface area contributed by atoms with Crippen molar-refractivity contribution in [2.45, 2.75) is 19.8 Å². The van der Waals surface area contributed by atoms with E-state index in [1.54, 1.807) is 18.2 Å². The first-order valence-corrected chi connectivity index (χ1v) is 7.53. The molecule has 0 saturated carbocycles. The summed E-state index contributed by atoms with van der Waals surface area (Å²) in [7, 11) is 0. The van der Waals surface area contributed by atoms with Crippen LogP contribution in [0.3, 0.4) is 0 Å². The van der Waals surface area contributed by atoms with E-state index in [2.05, 4.69) is 10.3 Å². The Hall–Kier alpha value is -1.30. The van der Waals surface area contributed by atoms with Crippen molar-refractivity contribution < 1.29 is 9.90 Å². The Morgan fingerprint density at radius 1 is 1.45 bits per heavy atom. The largest absolute Gasteiger partial charge is 0.477 e. The average molecular weight is 331 g/mol. The van der Waals surface area contributed by atoms with E-state index in [1.165, 1.54) is 0 Å². The average Bonchev–Trinajstić information content (AvgIpc) is 2.77. The number of nitrogens with one attached hydrogen (secondary N) is 1. The van der Waals surface area contributed by atoms with Crippen molar-refractivity contribution in [1.82, 2.24) is 4.98 Å². The van der Waals surface area contributed by atoms with Crippen LogP contribution in [0.5, 0.6) is 0 Å². The number of aryl methyl sites for hydroxylation is 1. The van der Waals surface area contributed by atoms with Gasteiger partial charge in [0.1, 0.15) is 4.88 Å². The van der Waals surface area contributed by atoms with Crippen molar-refractivity contribution in [3.05, 3.63) is 38.8 Å². The third kappa shape index (κ3) is 3.42. The molecule has 0 fully saturated rings. The molecule has 1 aromatic heterocycles. The fourth-order valence-electron chi connectivity index (χ4n) is 1.69. The second-order valence-corrected chi connectivity index (χ2v) is 5.94. The lowest BCUT2D eigenvalue weighted by molar-refractivity contribution is 0.0700. The number of hydrogen-bond acceptors (Lipinski definition) is 4. The zero-order valence-electron chi connectivity index (χ0n) is 10.6. The SMILES string of the molecule is CCCc1nc(Nc2cc(Cl)ccc2Cl)sc1C(=O)O. The van der Waals surface area contributed by atoms with Crippen molar-refractivity contribution >= 4 is 51.3 Å². The number of benzene rings is 1. The van der Waals surface area contributed by atoms with Gasteiger partial charge in [0.25, 0.3) is 0 Å². The van der Waals surface area contributed by atoms with E-state index < -0.39 is 5.97 Å². The summed E-state index contributed by atoms with van der Waals surface area (Å²) in [5.41, 5.74) is 1.19. The molecule has 7 heteroatoms. The standard InChI is InChI=1S/C13H12Cl2N2O2S/c1-2-3-9-11(12(18)19)20-13(16-9)17-10-6-7(14)4-5-8(10)15/h4-6H,2-3H2,1H3,(H,16,17)(H,18,19). The molecule has 0 unspecified atom stereocenters. The molecule has 0 amide bonds. The summed E-state index contributed by atoms with van der Waals surface area (Å²) in [6.45, 7) is 1.98. The Morgan fingerprint density at radius 2 is 2.20 bits per heavy atom. The van der Waals surface area contributed by atoms with Crippen molar-refractivity contribution in [2.75, 3.05) is 5.32 Å². The molecule has 2 rings (SSSR count). The minimum Gasteiger partial charge on any atom is -0.477 e. The quantitative estimate of drug-likeness (QED) is 0.822. The maximum atomic E-state index is 11.2. The van der Waals surface area contributed by atoms with Crippen LogP contribution in [0.4, 0.5) is 10.8 Å². The number of anilines is 2. The van der Waals surface area contributed by atoms with E-state index in [0.717, 1.165) is 17.8 Å². The molecule has 0 saturated heterocycles. The summed E-state index contributed by atoms with van der Waals surface area (Å²) in [6, 6.07) is 5.03. The fourth-order valence-corrected chi connectivity index (χ4v) is 2.89. The third-order valence-electron chi connectivity index (χ3n) is 2.55. The van der Waals surface area contributed by atoms with E-state index in [0.29, 0.717) is 33.0 Å². The first kappa shape index (κ1) is 15.1. The number of carboxylic acid groups (broad SMARTS) is 1. The van der Waals surface area contributed by atoms with Gasteiger partial charge in [-0.05, 0) is 24.6 Å². The highest BCUT2D eigenvalue weighted by Gasteiger charge is 2.17. The molecule has 1 aromatic carbocycles. The first-order valence-electron chi connectivity index (χ1n) is 5.96. The number of rotatable bonds is 5. The molecule has 0 radical (unpaired) electrons. The fraction of sp³-hybridized carbons (Fsp3) is 0.231. The van der Waals surface area contributed by atoms with Gasteiger partial charge in [-0.1, -0.05) is 47.9 Å². The maximum absolute atomic E-state index is 11.2. The molecule has 20 heavy (non-hydrogen) atoms. The van der Waals surface area contributed by atoms with Crippen LogP contribution in [0.1, 0.15) is 28.7 Å². The monoisotopic (exact) mass is 330 g/mol. The zero-order chi connectivity index (χ0) is 14.7. The van der Waals surface area contributed by atoms with Gasteiger partial charge in [-0.2, -0.15) is 0 Å². The molecule has 0 aliphatic rings. The number of hydrogen-bond donors (Lipinski definition) is 2. The second-order valence-electron chi connectivity index (χ2n) is 4.10. The Bertz CT molecular complexity index is 643. The molecular formula is C13H12Cl2N2O2S. The van der Waals surface area contributed by atoms with Crippen molar-refractivity contribution in [3.8, 4) is 0 Å². The number of halogens is 2. The number of carbonyl (C=O) groups is 1. The number of nitrogens with zero attached hydrogens (tertiary/aromatic N) is 1. The molecule has 2 aromatic rings. The van der Waals surface area contributed by atoms with Crippen LogP contribution >= 0.6 is 34.5 Å². The van der Waals surface area contributed by atoms with Crippen LogP contribution in [0.2, 0.25) is 10.0 Å². The highest BCUT2D eigenvalue weighted by Crippen LogP contribution is 2.31. The molecule has 0 spiro atoms. The highest BCUT2D eigenvalue weighted by molar-refractivity contribution is 7.17. The predicted molar refractivity (Wildman–Crippen MR) is 82.8 cm³/mol. The highest BCUT2D eigenvalue weighted by atomic mass is 35.5. The Labute approximate surface area is 130 Å². The Morgan fingerprint density at radius 3 is 2.85 bits per heavy atom. The Kier molecular flexibility index (Phi) is 4.86. The van der Waals surface area contributed by atoms with Gasteiger partial charge in [0.15, 0.2) is 5.13 Å². The maximum Gasteiger partial charge on any atom is 0.347 e. The minimum atomic E-state index is -0.962. The summed E-state index contributed by atoms with van der Waals surface area (Å²) in [5.74, 6) is -0.962. The third-order valence-corrected chi connectivity index (χ3v) is 4.11. The second kappa shape index (κ2) is 6.43. The molecule has 0 atom stereocenters. The molecule has 0 aliphatic heterocycles. The first-order chi connectivity index (χ1) is 9.51.